The molecule has 0 aliphatic rings. The molecule has 4 aromatic rings. The summed E-state index contributed by atoms with van der Waals surface area (Å²) in [6.07, 6.45) is -2.71. The Bertz CT molecular complexity index is 1550. The van der Waals surface area contributed by atoms with Crippen molar-refractivity contribution >= 4 is 28.2 Å². The number of methoxy groups -OCH3 is 1. The molecule has 0 unspecified atom stereocenters. The van der Waals surface area contributed by atoms with E-state index in [-0.39, 0.29) is 47.1 Å². The first-order valence-corrected chi connectivity index (χ1v) is 11.1. The third-order valence-electron chi connectivity index (χ3n) is 5.40. The number of aryl methyl sites for hydroxylation is 1. The van der Waals surface area contributed by atoms with Crippen molar-refractivity contribution in [3.05, 3.63) is 87.6 Å². The Morgan fingerprint density at radius 2 is 1.68 bits per heavy atom. The van der Waals surface area contributed by atoms with Crippen LogP contribution in [-0.2, 0) is 16.1 Å². The van der Waals surface area contributed by atoms with Crippen LogP contribution in [0.5, 0.6) is 5.75 Å². The molecule has 0 aliphatic heterocycles. The van der Waals surface area contributed by atoms with Crippen LogP contribution in [-0.4, -0.2) is 33.8 Å². The fraction of sp³-hybridized carbons (Fsp3) is 0.200. The molecular weight excluding hydrogens is 493 g/mol. The molecule has 12 heteroatoms. The summed E-state index contributed by atoms with van der Waals surface area (Å²) in [6.45, 7) is 0.281. The second-order valence-corrected chi connectivity index (χ2v) is 7.88. The van der Waals surface area contributed by atoms with Crippen LogP contribution in [0.15, 0.2) is 76.4 Å². The van der Waals surface area contributed by atoms with Crippen LogP contribution >= 0.6 is 0 Å². The number of pyridine rings is 1. The summed E-state index contributed by atoms with van der Waals surface area (Å²) in [4.78, 5) is 37.5. The number of carbonyl (C=O) groups is 1. The zero-order valence-corrected chi connectivity index (χ0v) is 19.5. The largest absolute Gasteiger partial charge is 0.573 e. The topological polar surface area (TPSA) is 104 Å². The van der Waals surface area contributed by atoms with Gasteiger partial charge < -0.3 is 19.4 Å². The van der Waals surface area contributed by atoms with Gasteiger partial charge in [0.25, 0.3) is 11.1 Å². The number of benzene rings is 2. The maximum atomic E-state index is 13.1. The summed E-state index contributed by atoms with van der Waals surface area (Å²) in [5.74, 6) is -0.631. The summed E-state index contributed by atoms with van der Waals surface area (Å²) < 4.78 is 48.5. The fourth-order valence-corrected chi connectivity index (χ4v) is 3.68. The molecule has 0 fully saturated rings. The van der Waals surface area contributed by atoms with Crippen molar-refractivity contribution in [1.82, 2.24) is 14.3 Å². The van der Waals surface area contributed by atoms with E-state index in [2.05, 4.69) is 19.9 Å². The number of aromatic nitrogens is 3. The van der Waals surface area contributed by atoms with Crippen molar-refractivity contribution in [2.75, 3.05) is 12.4 Å². The number of carbonyl (C=O) groups excluding carboxylic acids is 1. The van der Waals surface area contributed by atoms with Gasteiger partial charge >= 0.3 is 12.3 Å². The van der Waals surface area contributed by atoms with Gasteiger partial charge in [-0.25, -0.2) is 0 Å². The Morgan fingerprint density at radius 3 is 2.35 bits per heavy atom. The standard InChI is InChI=1S/C25H21F3N4O5/c1-36-21(33)9-5-15-31-14-4-8-20(24(31)35)29-22-18-6-2-3-7-19(18)23(34)32(30-22)16-10-12-17(13-11-16)37-25(26,27)28/h2-4,6-8,10-14H,5,9,15H2,1H3,(H,29,30). The molecule has 0 saturated carbocycles. The van der Waals surface area contributed by atoms with Crippen molar-refractivity contribution < 1.29 is 27.4 Å². The highest BCUT2D eigenvalue weighted by Gasteiger charge is 2.31. The number of rotatable bonds is 8. The Morgan fingerprint density at radius 1 is 0.973 bits per heavy atom. The molecule has 4 rings (SSSR count). The predicted octanol–water partition coefficient (Wildman–Crippen LogP) is 4.14. The molecular formula is C25H21F3N4O5. The molecule has 2 aromatic heterocycles. The van der Waals surface area contributed by atoms with E-state index < -0.39 is 17.7 Å². The lowest BCUT2D eigenvalue weighted by Gasteiger charge is -2.14. The number of hydrogen-bond donors (Lipinski definition) is 1. The first kappa shape index (κ1) is 25.5. The van der Waals surface area contributed by atoms with Gasteiger partial charge in [0.15, 0.2) is 5.82 Å². The Kier molecular flexibility index (Phi) is 7.27. The van der Waals surface area contributed by atoms with Gasteiger partial charge in [-0.15, -0.1) is 18.3 Å². The van der Waals surface area contributed by atoms with Crippen molar-refractivity contribution in [3.63, 3.8) is 0 Å². The van der Waals surface area contributed by atoms with Gasteiger partial charge in [-0.1, -0.05) is 18.2 Å². The molecule has 37 heavy (non-hydrogen) atoms. The van der Waals surface area contributed by atoms with Crippen molar-refractivity contribution in [1.29, 1.82) is 0 Å². The summed E-state index contributed by atoms with van der Waals surface area (Å²) in [7, 11) is 1.29. The summed E-state index contributed by atoms with van der Waals surface area (Å²) >= 11 is 0. The van der Waals surface area contributed by atoms with Gasteiger partial charge in [0.2, 0.25) is 0 Å². The van der Waals surface area contributed by atoms with Gasteiger partial charge in [-0.05, 0) is 48.9 Å². The number of alkyl halides is 3. The highest BCUT2D eigenvalue weighted by atomic mass is 19.4. The normalized spacial score (nSPS) is 11.4. The third-order valence-corrected chi connectivity index (χ3v) is 5.40. The molecule has 1 N–H and O–H groups in total. The number of nitrogens with one attached hydrogen (secondary N) is 1. The van der Waals surface area contributed by atoms with Crippen molar-refractivity contribution in [2.24, 2.45) is 0 Å². The van der Waals surface area contributed by atoms with Crippen LogP contribution in [0.1, 0.15) is 12.8 Å². The smallest absolute Gasteiger partial charge is 0.469 e. The van der Waals surface area contributed by atoms with Gasteiger partial charge in [-0.3, -0.25) is 14.4 Å². The van der Waals surface area contributed by atoms with E-state index in [1.54, 1.807) is 42.6 Å². The van der Waals surface area contributed by atoms with Crippen LogP contribution in [0, 0.1) is 0 Å². The second kappa shape index (κ2) is 10.6. The highest BCUT2D eigenvalue weighted by Crippen LogP contribution is 2.25. The predicted molar refractivity (Wildman–Crippen MR) is 129 cm³/mol. The van der Waals surface area contributed by atoms with E-state index >= 15 is 0 Å². The van der Waals surface area contributed by atoms with Gasteiger partial charge in [0.1, 0.15) is 11.4 Å². The number of fused-ring (bicyclic) bond motifs is 1. The number of anilines is 2. The molecule has 0 bridgehead atoms. The van der Waals surface area contributed by atoms with E-state index in [0.717, 1.165) is 16.8 Å². The third kappa shape index (κ3) is 5.97. The summed E-state index contributed by atoms with van der Waals surface area (Å²) in [5.41, 5.74) is -0.498. The Labute approximate surface area is 207 Å². The first-order chi connectivity index (χ1) is 17.7. The lowest BCUT2D eigenvalue weighted by molar-refractivity contribution is -0.274. The van der Waals surface area contributed by atoms with E-state index in [9.17, 15) is 27.6 Å². The quantitative estimate of drug-likeness (QED) is 0.353. The molecule has 2 aromatic carbocycles. The molecule has 0 amide bonds. The molecule has 192 valence electrons. The number of halogens is 3. The van der Waals surface area contributed by atoms with E-state index in [4.69, 9.17) is 0 Å². The van der Waals surface area contributed by atoms with E-state index in [1.165, 1.54) is 23.8 Å². The summed E-state index contributed by atoms with van der Waals surface area (Å²) in [5, 5.41) is 8.06. The lowest BCUT2D eigenvalue weighted by Crippen LogP contribution is -2.25. The average Bonchev–Trinajstić information content (AvgIpc) is 2.87. The lowest BCUT2D eigenvalue weighted by atomic mass is 10.2. The number of hydrogen-bond acceptors (Lipinski definition) is 7. The van der Waals surface area contributed by atoms with Crippen LogP contribution in [0.2, 0.25) is 0 Å². The van der Waals surface area contributed by atoms with Gasteiger partial charge in [0, 0.05) is 24.5 Å². The van der Waals surface area contributed by atoms with Gasteiger partial charge in [-0.2, -0.15) is 4.68 Å². The molecule has 0 radical (unpaired) electrons. The van der Waals surface area contributed by atoms with Crippen LogP contribution in [0.3, 0.4) is 0 Å². The number of nitrogens with zero attached hydrogens (tertiary/aromatic N) is 3. The zero-order valence-electron chi connectivity index (χ0n) is 19.5. The zero-order chi connectivity index (χ0) is 26.6. The molecule has 0 atom stereocenters. The molecule has 0 spiro atoms. The van der Waals surface area contributed by atoms with Crippen molar-refractivity contribution in [3.8, 4) is 11.4 Å². The average molecular weight is 514 g/mol. The first-order valence-electron chi connectivity index (χ1n) is 11.1. The van der Waals surface area contributed by atoms with Crippen LogP contribution in [0.4, 0.5) is 24.7 Å². The minimum atomic E-state index is -4.85. The second-order valence-electron chi connectivity index (χ2n) is 7.88. The van der Waals surface area contributed by atoms with Crippen molar-refractivity contribution in [2.45, 2.75) is 25.7 Å². The van der Waals surface area contributed by atoms with Gasteiger partial charge in [0.05, 0.1) is 18.2 Å². The molecule has 0 saturated heterocycles. The monoisotopic (exact) mass is 514 g/mol. The Hall–Kier alpha value is -4.61. The fourth-order valence-electron chi connectivity index (χ4n) is 3.68. The number of esters is 1. The van der Waals surface area contributed by atoms with Crippen LogP contribution in [0.25, 0.3) is 16.5 Å². The molecule has 0 aliphatic carbocycles. The SMILES string of the molecule is COC(=O)CCCn1cccc(Nc2nn(-c3ccc(OC(F)(F)F)cc3)c(=O)c3ccccc23)c1=O. The Balaban J connectivity index is 1.70. The maximum Gasteiger partial charge on any atom is 0.573 e. The van der Waals surface area contributed by atoms with E-state index in [1.807, 2.05) is 0 Å². The minimum Gasteiger partial charge on any atom is -0.469 e. The highest BCUT2D eigenvalue weighted by molar-refractivity contribution is 5.92. The minimum absolute atomic E-state index is 0.157. The molecule has 2 heterocycles. The number of ether oxygens (including phenoxy) is 2. The summed E-state index contributed by atoms with van der Waals surface area (Å²) in [6, 6.07) is 14.5. The maximum absolute atomic E-state index is 13.1. The molecule has 9 nitrogen and oxygen atoms in total. The van der Waals surface area contributed by atoms with E-state index in [0.29, 0.717) is 11.8 Å². The van der Waals surface area contributed by atoms with Crippen LogP contribution < -0.4 is 21.2 Å².